The van der Waals surface area contributed by atoms with Crippen molar-refractivity contribution >= 4 is 25.3 Å². The second kappa shape index (κ2) is 5.45. The van der Waals surface area contributed by atoms with E-state index >= 15 is 0 Å². The molecule has 0 bridgehead atoms. The lowest BCUT2D eigenvalue weighted by molar-refractivity contribution is -0.0954. The Balaban J connectivity index is 1.67. The van der Waals surface area contributed by atoms with Gasteiger partial charge < -0.3 is 14.9 Å². The van der Waals surface area contributed by atoms with Gasteiger partial charge in [-0.1, -0.05) is 20.8 Å². The number of nitrogen functional groups attached to an aromatic ring is 1. The van der Waals surface area contributed by atoms with Crippen LogP contribution in [-0.4, -0.2) is 45.5 Å². The average Bonchev–Trinajstić information content (AvgIpc) is 2.88. The van der Waals surface area contributed by atoms with Crippen molar-refractivity contribution in [3.63, 3.8) is 0 Å². The van der Waals surface area contributed by atoms with Crippen LogP contribution < -0.4 is 5.73 Å². The number of nitrogens with zero attached hydrogens (tertiary/aromatic N) is 4. The standard InChI is InChI=1S/C17H25F2N5O2Si/c1-15(2,3)27(4,5)26-10-6-11(25-16(10)7-17(16,18)19)24-9-23-12-13(20)21-8-22-14(12)24/h8-11H,6-7H2,1-5H3,(H2,20,21,22)/t10-,11+,16-/m0/s1. The molecule has 4 rings (SSSR count). The van der Waals surface area contributed by atoms with E-state index in [0.717, 1.165) is 0 Å². The molecule has 2 fully saturated rings. The molecular weight excluding hydrogens is 372 g/mol. The van der Waals surface area contributed by atoms with Gasteiger partial charge in [-0.3, -0.25) is 4.57 Å². The lowest BCUT2D eigenvalue weighted by Gasteiger charge is -2.39. The first-order valence-corrected chi connectivity index (χ1v) is 12.0. The van der Waals surface area contributed by atoms with Gasteiger partial charge in [0.1, 0.15) is 18.1 Å². The fourth-order valence-electron chi connectivity index (χ4n) is 3.43. The molecule has 10 heteroatoms. The molecule has 2 N–H and O–H groups in total. The zero-order valence-corrected chi connectivity index (χ0v) is 17.2. The molecule has 148 valence electrons. The molecule has 1 aliphatic carbocycles. The van der Waals surface area contributed by atoms with Crippen molar-refractivity contribution in [1.29, 1.82) is 0 Å². The van der Waals surface area contributed by atoms with Crippen molar-refractivity contribution in [3.05, 3.63) is 12.7 Å². The van der Waals surface area contributed by atoms with Crippen LogP contribution in [0.2, 0.25) is 18.1 Å². The Bertz CT molecular complexity index is 897. The van der Waals surface area contributed by atoms with Gasteiger partial charge in [0.05, 0.1) is 18.9 Å². The van der Waals surface area contributed by atoms with E-state index < -0.39 is 32.2 Å². The second-order valence-corrected chi connectivity index (χ2v) is 13.8. The molecular formula is C17H25F2N5O2Si. The Morgan fingerprint density at radius 1 is 1.30 bits per heavy atom. The quantitative estimate of drug-likeness (QED) is 0.798. The molecule has 3 atom stereocenters. The third kappa shape index (κ3) is 2.68. The zero-order chi connectivity index (χ0) is 19.8. The van der Waals surface area contributed by atoms with E-state index in [9.17, 15) is 8.78 Å². The molecule has 1 aliphatic heterocycles. The highest BCUT2D eigenvalue weighted by atomic mass is 28.4. The summed E-state index contributed by atoms with van der Waals surface area (Å²) in [5.41, 5.74) is 5.17. The molecule has 7 nitrogen and oxygen atoms in total. The number of rotatable bonds is 3. The third-order valence-electron chi connectivity index (χ3n) is 6.20. The summed E-state index contributed by atoms with van der Waals surface area (Å²) in [6, 6.07) is 0. The highest BCUT2D eigenvalue weighted by molar-refractivity contribution is 6.74. The van der Waals surface area contributed by atoms with Crippen LogP contribution in [0.4, 0.5) is 14.6 Å². The van der Waals surface area contributed by atoms with E-state index in [1.165, 1.54) is 12.7 Å². The summed E-state index contributed by atoms with van der Waals surface area (Å²) in [5.74, 6) is -2.64. The maximum Gasteiger partial charge on any atom is 0.282 e. The molecule has 1 saturated heterocycles. The first kappa shape index (κ1) is 18.7. The lowest BCUT2D eigenvalue weighted by atomic mass is 10.1. The van der Waals surface area contributed by atoms with Crippen LogP contribution in [0.3, 0.4) is 0 Å². The predicted molar refractivity (Wildman–Crippen MR) is 98.8 cm³/mol. The average molecular weight is 398 g/mol. The van der Waals surface area contributed by atoms with Crippen LogP contribution in [0.15, 0.2) is 12.7 Å². The van der Waals surface area contributed by atoms with Gasteiger partial charge in [-0.25, -0.2) is 23.7 Å². The van der Waals surface area contributed by atoms with Gasteiger partial charge in [0.15, 0.2) is 25.4 Å². The van der Waals surface area contributed by atoms with Crippen LogP contribution in [0.1, 0.15) is 39.8 Å². The van der Waals surface area contributed by atoms with Crippen LogP contribution >= 0.6 is 0 Å². The fraction of sp³-hybridized carbons (Fsp3) is 0.706. The Kier molecular flexibility index (Phi) is 3.77. The molecule has 3 heterocycles. The van der Waals surface area contributed by atoms with Crippen molar-refractivity contribution in [2.45, 2.75) is 75.6 Å². The Morgan fingerprint density at radius 3 is 2.56 bits per heavy atom. The molecule has 0 unspecified atom stereocenters. The van der Waals surface area contributed by atoms with Gasteiger partial charge in [0.2, 0.25) is 0 Å². The van der Waals surface area contributed by atoms with Gasteiger partial charge in [-0.05, 0) is 18.1 Å². The molecule has 2 aromatic heterocycles. The van der Waals surface area contributed by atoms with Crippen molar-refractivity contribution < 1.29 is 17.9 Å². The smallest absolute Gasteiger partial charge is 0.282 e. The number of hydrogen-bond donors (Lipinski definition) is 1. The lowest BCUT2D eigenvalue weighted by Crippen LogP contribution is -2.47. The SMILES string of the molecule is CC(C)(C)[Si](C)(C)O[C@H]1C[C@H](n2cnc3c(N)ncnc32)O[C@@]12CC2(F)F. The molecule has 1 saturated carbocycles. The fourth-order valence-corrected chi connectivity index (χ4v) is 4.78. The van der Waals surface area contributed by atoms with E-state index in [4.69, 9.17) is 14.9 Å². The zero-order valence-electron chi connectivity index (χ0n) is 16.2. The Hall–Kier alpha value is -1.65. The van der Waals surface area contributed by atoms with Crippen molar-refractivity contribution in [2.24, 2.45) is 0 Å². The molecule has 0 amide bonds. The maximum absolute atomic E-state index is 14.3. The summed E-state index contributed by atoms with van der Waals surface area (Å²) < 4.78 is 42.6. The van der Waals surface area contributed by atoms with E-state index in [1.54, 1.807) is 4.57 Å². The Labute approximate surface area is 157 Å². The molecule has 1 spiro atoms. The van der Waals surface area contributed by atoms with Crippen LogP contribution in [0.25, 0.3) is 11.2 Å². The van der Waals surface area contributed by atoms with Crippen LogP contribution in [-0.2, 0) is 9.16 Å². The number of hydrogen-bond acceptors (Lipinski definition) is 6. The maximum atomic E-state index is 14.3. The molecule has 2 aliphatic rings. The predicted octanol–water partition coefficient (Wildman–Crippen LogP) is 3.50. The number of alkyl halides is 2. The summed E-state index contributed by atoms with van der Waals surface area (Å²) >= 11 is 0. The van der Waals surface area contributed by atoms with E-state index in [-0.39, 0.29) is 17.3 Å². The largest absolute Gasteiger partial charge is 0.411 e. The summed E-state index contributed by atoms with van der Waals surface area (Å²) in [5, 5.41) is -0.0835. The summed E-state index contributed by atoms with van der Waals surface area (Å²) in [4.78, 5) is 12.3. The van der Waals surface area contributed by atoms with Crippen LogP contribution in [0.5, 0.6) is 0 Å². The number of nitrogens with two attached hydrogens (primary N) is 1. The van der Waals surface area contributed by atoms with E-state index in [0.29, 0.717) is 17.6 Å². The third-order valence-corrected chi connectivity index (χ3v) is 10.7. The van der Waals surface area contributed by atoms with Gasteiger partial charge in [-0.15, -0.1) is 0 Å². The number of fused-ring (bicyclic) bond motifs is 1. The molecule has 0 radical (unpaired) electrons. The minimum Gasteiger partial charge on any atom is -0.411 e. The van der Waals surface area contributed by atoms with Gasteiger partial charge in [0.25, 0.3) is 5.92 Å². The number of imidazole rings is 1. The molecule has 27 heavy (non-hydrogen) atoms. The summed E-state index contributed by atoms with van der Waals surface area (Å²) in [6.45, 7) is 10.4. The highest BCUT2D eigenvalue weighted by Gasteiger charge is 2.80. The summed E-state index contributed by atoms with van der Waals surface area (Å²) in [6.07, 6.45) is 1.54. The second-order valence-electron chi connectivity index (χ2n) is 9.03. The van der Waals surface area contributed by atoms with Gasteiger partial charge >= 0.3 is 0 Å². The monoisotopic (exact) mass is 397 g/mol. The normalized spacial score (nSPS) is 30.3. The van der Waals surface area contributed by atoms with Crippen LogP contribution in [0, 0.1) is 0 Å². The summed E-state index contributed by atoms with van der Waals surface area (Å²) in [7, 11) is -2.24. The number of aromatic nitrogens is 4. The number of anilines is 1. The minimum atomic E-state index is -2.89. The first-order valence-electron chi connectivity index (χ1n) is 9.04. The van der Waals surface area contributed by atoms with E-state index in [1.807, 2.05) is 0 Å². The molecule has 0 aromatic carbocycles. The molecule has 2 aromatic rings. The van der Waals surface area contributed by atoms with Crippen molar-refractivity contribution in [1.82, 2.24) is 19.5 Å². The van der Waals surface area contributed by atoms with E-state index in [2.05, 4.69) is 48.8 Å². The van der Waals surface area contributed by atoms with Gasteiger partial charge in [-0.2, -0.15) is 0 Å². The minimum absolute atomic E-state index is 0.0835. The van der Waals surface area contributed by atoms with Crippen molar-refractivity contribution in [3.8, 4) is 0 Å². The number of ether oxygens (including phenoxy) is 1. The first-order chi connectivity index (χ1) is 12.4. The Morgan fingerprint density at radius 2 is 1.96 bits per heavy atom. The van der Waals surface area contributed by atoms with Crippen molar-refractivity contribution in [2.75, 3.05) is 5.73 Å². The highest BCUT2D eigenvalue weighted by Crippen LogP contribution is 2.65. The number of halogens is 2. The topological polar surface area (TPSA) is 88.1 Å². The van der Waals surface area contributed by atoms with Gasteiger partial charge in [0, 0.05) is 6.42 Å².